The van der Waals surface area contributed by atoms with Crippen LogP contribution in [-0.2, 0) is 16.1 Å². The molecule has 13 nitrogen and oxygen atoms in total. The number of alkyl halides is 3. The smallest absolute Gasteiger partial charge is 0.364 e. The first-order valence-electron chi connectivity index (χ1n) is 14.4. The van der Waals surface area contributed by atoms with Gasteiger partial charge in [0, 0.05) is 42.2 Å². The van der Waals surface area contributed by atoms with Gasteiger partial charge in [0.25, 0.3) is 5.91 Å². The number of pyridine rings is 1. The van der Waals surface area contributed by atoms with Crippen molar-refractivity contribution in [3.63, 3.8) is 0 Å². The Hall–Kier alpha value is -5.15. The molecule has 0 radical (unpaired) electrons. The molecule has 0 bridgehead atoms. The van der Waals surface area contributed by atoms with Crippen molar-refractivity contribution >= 4 is 40.8 Å². The molecule has 5 heterocycles. The average molecular weight is 621 g/mol. The lowest BCUT2D eigenvalue weighted by atomic mass is 10.1. The molecular formula is C29H27F3N10O3. The third-order valence-corrected chi connectivity index (χ3v) is 7.98. The maximum absolute atomic E-state index is 13.0. The Morgan fingerprint density at radius 2 is 1.87 bits per heavy atom. The fraction of sp³-hybridized carbons (Fsp3) is 0.379. The Balaban J connectivity index is 1.05. The van der Waals surface area contributed by atoms with E-state index >= 15 is 0 Å². The summed E-state index contributed by atoms with van der Waals surface area (Å²) in [6, 6.07) is 4.09. The zero-order valence-electron chi connectivity index (χ0n) is 24.0. The number of anilines is 3. The number of hydrogen-bond donors (Lipinski definition) is 2. The molecule has 3 aliphatic rings. The van der Waals surface area contributed by atoms with Crippen molar-refractivity contribution in [1.29, 1.82) is 0 Å². The first kappa shape index (κ1) is 28.6. The number of nitrogens with one attached hydrogen (secondary N) is 2. The SMILES string of the molecule is Cc1ccnc(C2CC2C(=O)Nc2cc(NCc3cn4cc(C5CC5)cc(N5CC(=O)N(CC(F)(F)F)C5=O)c4n3)ncn2)n1. The normalized spacial score (nSPS) is 19.8. The predicted octanol–water partition coefficient (Wildman–Crippen LogP) is 3.79. The van der Waals surface area contributed by atoms with Gasteiger partial charge >= 0.3 is 12.2 Å². The molecule has 2 N–H and O–H groups in total. The van der Waals surface area contributed by atoms with Crippen molar-refractivity contribution in [3.05, 3.63) is 65.9 Å². The van der Waals surface area contributed by atoms with Crippen LogP contribution in [0.1, 0.15) is 53.9 Å². The Kier molecular flexibility index (Phi) is 6.85. The lowest BCUT2D eigenvalue weighted by Crippen LogP contribution is -2.40. The number of carbonyl (C=O) groups is 3. The fourth-order valence-corrected chi connectivity index (χ4v) is 5.48. The number of fused-ring (bicyclic) bond motifs is 1. The van der Waals surface area contributed by atoms with Gasteiger partial charge < -0.3 is 15.0 Å². The quantitative estimate of drug-likeness (QED) is 0.267. The number of aryl methyl sites for hydroxylation is 1. The highest BCUT2D eigenvalue weighted by Crippen LogP contribution is 2.46. The molecule has 0 aromatic carbocycles. The van der Waals surface area contributed by atoms with E-state index in [1.807, 2.05) is 13.1 Å². The number of nitrogens with zero attached hydrogens (tertiary/aromatic N) is 8. The van der Waals surface area contributed by atoms with Gasteiger partial charge in [-0.15, -0.1) is 0 Å². The highest BCUT2D eigenvalue weighted by molar-refractivity contribution is 6.13. The van der Waals surface area contributed by atoms with Gasteiger partial charge in [0.05, 0.1) is 17.9 Å². The molecule has 45 heavy (non-hydrogen) atoms. The number of imidazole rings is 1. The Bertz CT molecular complexity index is 1840. The van der Waals surface area contributed by atoms with E-state index in [0.717, 1.165) is 29.0 Å². The van der Waals surface area contributed by atoms with E-state index in [9.17, 15) is 27.6 Å². The molecule has 2 atom stereocenters. The lowest BCUT2D eigenvalue weighted by Gasteiger charge is -2.19. The number of aromatic nitrogens is 6. The van der Waals surface area contributed by atoms with Gasteiger partial charge in [-0.05, 0) is 49.8 Å². The van der Waals surface area contributed by atoms with E-state index in [0.29, 0.717) is 35.2 Å². The first-order valence-corrected chi connectivity index (χ1v) is 14.4. The summed E-state index contributed by atoms with van der Waals surface area (Å²) in [6.07, 6.45) is 4.48. The predicted molar refractivity (Wildman–Crippen MR) is 153 cm³/mol. The summed E-state index contributed by atoms with van der Waals surface area (Å²) in [5.74, 6) is 0.275. The third kappa shape index (κ3) is 5.99. The Labute approximate surface area is 253 Å². The number of halogens is 3. The molecular weight excluding hydrogens is 593 g/mol. The van der Waals surface area contributed by atoms with Crippen LogP contribution in [0.25, 0.3) is 5.65 Å². The van der Waals surface area contributed by atoms with Gasteiger partial charge in [0.1, 0.15) is 36.9 Å². The van der Waals surface area contributed by atoms with Gasteiger partial charge in [-0.25, -0.2) is 29.7 Å². The van der Waals surface area contributed by atoms with Crippen LogP contribution in [0.4, 0.5) is 35.3 Å². The number of imide groups is 1. The molecule has 1 saturated heterocycles. The largest absolute Gasteiger partial charge is 0.406 e. The second-order valence-corrected chi connectivity index (χ2v) is 11.5. The molecule has 4 aromatic rings. The molecule has 16 heteroatoms. The summed E-state index contributed by atoms with van der Waals surface area (Å²) in [7, 11) is 0. The van der Waals surface area contributed by atoms with Crippen molar-refractivity contribution in [2.75, 3.05) is 28.6 Å². The summed E-state index contributed by atoms with van der Waals surface area (Å²) in [5.41, 5.74) is 2.91. The zero-order valence-corrected chi connectivity index (χ0v) is 24.0. The minimum atomic E-state index is -4.71. The molecule has 7 rings (SSSR count). The summed E-state index contributed by atoms with van der Waals surface area (Å²) in [6.45, 7) is -0.0749. The maximum Gasteiger partial charge on any atom is 0.406 e. The van der Waals surface area contributed by atoms with Crippen molar-refractivity contribution in [3.8, 4) is 0 Å². The molecule has 0 spiro atoms. The zero-order chi connectivity index (χ0) is 31.5. The van der Waals surface area contributed by atoms with Crippen molar-refractivity contribution in [2.24, 2.45) is 5.92 Å². The summed E-state index contributed by atoms with van der Waals surface area (Å²) in [5, 5.41) is 5.96. The fourth-order valence-electron chi connectivity index (χ4n) is 5.48. The second-order valence-electron chi connectivity index (χ2n) is 11.5. The summed E-state index contributed by atoms with van der Waals surface area (Å²) >= 11 is 0. The van der Waals surface area contributed by atoms with Crippen LogP contribution in [0.5, 0.6) is 0 Å². The molecule has 2 unspecified atom stereocenters. The van der Waals surface area contributed by atoms with Gasteiger partial charge in [0.15, 0.2) is 5.65 Å². The number of urea groups is 1. The molecule has 232 valence electrons. The summed E-state index contributed by atoms with van der Waals surface area (Å²) in [4.78, 5) is 61.1. The topological polar surface area (TPSA) is 151 Å². The van der Waals surface area contributed by atoms with E-state index in [1.165, 1.54) is 6.33 Å². The van der Waals surface area contributed by atoms with Crippen molar-refractivity contribution in [1.82, 2.24) is 34.2 Å². The van der Waals surface area contributed by atoms with Crippen LogP contribution < -0.4 is 15.5 Å². The first-order chi connectivity index (χ1) is 21.5. The van der Waals surface area contributed by atoms with Crippen LogP contribution in [0.3, 0.4) is 0 Å². The molecule has 2 saturated carbocycles. The molecule has 3 fully saturated rings. The standard InChI is InChI=1S/C29H27F3N10O3/c1-15-4-5-33-25(37-15)19-7-20(19)27(44)39-23-8-22(35-14-36-23)34-9-18-11-40-10-17(16-2-3-16)6-21(26(40)38-18)41-12-24(43)42(28(41)45)13-29(30,31)32/h4-6,8,10-11,14,16,19-20H,2-3,7,9,12-13H2,1H3,(H2,34,35,36,39,44). The van der Waals surface area contributed by atoms with Gasteiger partial charge in [-0.2, -0.15) is 13.2 Å². The highest BCUT2D eigenvalue weighted by atomic mass is 19.4. The van der Waals surface area contributed by atoms with Crippen LogP contribution >= 0.6 is 0 Å². The van der Waals surface area contributed by atoms with E-state index in [2.05, 4.69) is 35.6 Å². The van der Waals surface area contributed by atoms with Crippen LogP contribution in [0.2, 0.25) is 0 Å². The minimum absolute atomic E-state index is 0.0358. The average Bonchev–Trinajstić information content (AvgIpc) is 3.92. The summed E-state index contributed by atoms with van der Waals surface area (Å²) < 4.78 is 40.8. The highest BCUT2D eigenvalue weighted by Gasteiger charge is 2.46. The van der Waals surface area contributed by atoms with E-state index < -0.39 is 31.2 Å². The van der Waals surface area contributed by atoms with Crippen LogP contribution in [-0.4, -0.2) is 71.3 Å². The second kappa shape index (κ2) is 10.8. The molecule has 4 aromatic heterocycles. The van der Waals surface area contributed by atoms with Crippen molar-refractivity contribution in [2.45, 2.75) is 50.7 Å². The van der Waals surface area contributed by atoms with Crippen molar-refractivity contribution < 1.29 is 27.6 Å². The van der Waals surface area contributed by atoms with Crippen LogP contribution in [0.15, 0.2) is 43.1 Å². The lowest BCUT2D eigenvalue weighted by molar-refractivity contribution is -0.151. The Morgan fingerprint density at radius 3 is 2.62 bits per heavy atom. The molecule has 2 aliphatic carbocycles. The minimum Gasteiger partial charge on any atom is -0.364 e. The molecule has 1 aliphatic heterocycles. The number of hydrogen-bond acceptors (Lipinski definition) is 9. The van der Waals surface area contributed by atoms with E-state index in [4.69, 9.17) is 0 Å². The van der Waals surface area contributed by atoms with Gasteiger partial charge in [0.2, 0.25) is 5.91 Å². The third-order valence-electron chi connectivity index (χ3n) is 7.98. The van der Waals surface area contributed by atoms with Crippen LogP contribution in [0, 0.1) is 12.8 Å². The monoisotopic (exact) mass is 620 g/mol. The maximum atomic E-state index is 13.0. The number of carbonyl (C=O) groups excluding carboxylic acids is 3. The van der Waals surface area contributed by atoms with E-state index in [1.54, 1.807) is 35.0 Å². The van der Waals surface area contributed by atoms with E-state index in [-0.39, 0.29) is 40.8 Å². The van der Waals surface area contributed by atoms with Gasteiger partial charge in [-0.3, -0.25) is 19.4 Å². The number of amides is 4. The number of rotatable bonds is 9. The molecule has 4 amide bonds. The van der Waals surface area contributed by atoms with Gasteiger partial charge in [-0.1, -0.05) is 0 Å². The Morgan fingerprint density at radius 1 is 1.07 bits per heavy atom.